The lowest BCUT2D eigenvalue weighted by Gasteiger charge is -2.35. The van der Waals surface area contributed by atoms with Gasteiger partial charge in [0.2, 0.25) is 5.95 Å². The average Bonchev–Trinajstić information content (AvgIpc) is 3.14. The molecular formula is C18H28N6. The van der Waals surface area contributed by atoms with E-state index in [1.54, 1.807) is 0 Å². The molecule has 24 heavy (non-hydrogen) atoms. The minimum Gasteiger partial charge on any atom is -0.336 e. The highest BCUT2D eigenvalue weighted by Gasteiger charge is 2.38. The van der Waals surface area contributed by atoms with Gasteiger partial charge in [-0.3, -0.25) is 9.58 Å². The second kappa shape index (κ2) is 6.89. The molecule has 1 fully saturated rings. The highest BCUT2D eigenvalue weighted by Crippen LogP contribution is 2.29. The lowest BCUT2D eigenvalue weighted by atomic mass is 10.00. The Kier molecular flexibility index (Phi) is 4.85. The smallest absolute Gasteiger partial charge is 0.225 e. The Balaban J connectivity index is 1.87. The van der Waals surface area contributed by atoms with Crippen molar-refractivity contribution in [2.24, 2.45) is 7.05 Å². The maximum absolute atomic E-state index is 4.57. The van der Waals surface area contributed by atoms with Gasteiger partial charge in [0, 0.05) is 44.3 Å². The van der Waals surface area contributed by atoms with Gasteiger partial charge in [-0.1, -0.05) is 0 Å². The molecule has 3 rings (SSSR count). The van der Waals surface area contributed by atoms with Crippen LogP contribution in [-0.2, 0) is 13.5 Å². The summed E-state index contributed by atoms with van der Waals surface area (Å²) >= 11 is 0. The van der Waals surface area contributed by atoms with Crippen LogP contribution in [0, 0.1) is 6.92 Å². The minimum atomic E-state index is 0.365. The fourth-order valence-corrected chi connectivity index (χ4v) is 3.54. The van der Waals surface area contributed by atoms with Crippen molar-refractivity contribution >= 4 is 5.95 Å². The largest absolute Gasteiger partial charge is 0.336 e. The van der Waals surface area contributed by atoms with Gasteiger partial charge in [0.1, 0.15) is 0 Å². The number of hydrogen-bond donors (Lipinski definition) is 0. The molecule has 3 heterocycles. The Hall–Kier alpha value is -1.95. The summed E-state index contributed by atoms with van der Waals surface area (Å²) < 4.78 is 1.87. The number of likely N-dealkylation sites (N-methyl/N-ethyl adjacent to an activating group) is 1. The number of anilines is 1. The Morgan fingerprint density at radius 2 is 1.96 bits per heavy atom. The van der Waals surface area contributed by atoms with Gasteiger partial charge in [0.25, 0.3) is 0 Å². The lowest BCUT2D eigenvalue weighted by Crippen LogP contribution is -2.47. The van der Waals surface area contributed by atoms with Gasteiger partial charge in [-0.05, 0) is 51.8 Å². The molecular weight excluding hydrogens is 300 g/mol. The van der Waals surface area contributed by atoms with Gasteiger partial charge in [0.15, 0.2) is 0 Å². The van der Waals surface area contributed by atoms with Crippen LogP contribution in [0.25, 0.3) is 0 Å². The van der Waals surface area contributed by atoms with Crippen LogP contribution in [-0.4, -0.2) is 56.4 Å². The molecule has 1 aliphatic heterocycles. The summed E-state index contributed by atoms with van der Waals surface area (Å²) in [7, 11) is 4.20. The van der Waals surface area contributed by atoms with Crippen molar-refractivity contribution in [1.29, 1.82) is 0 Å². The van der Waals surface area contributed by atoms with Gasteiger partial charge in [-0.25, -0.2) is 9.97 Å². The average molecular weight is 328 g/mol. The van der Waals surface area contributed by atoms with Gasteiger partial charge < -0.3 is 4.90 Å². The van der Waals surface area contributed by atoms with Crippen LogP contribution < -0.4 is 4.90 Å². The maximum Gasteiger partial charge on any atom is 0.225 e. The quantitative estimate of drug-likeness (QED) is 0.841. The summed E-state index contributed by atoms with van der Waals surface area (Å²) in [5.41, 5.74) is 2.36. The standard InChI is InChI=1S/C18H28N6/c1-13(2)23(5)16-6-7-24(18-19-9-14(3)10-20-18)17(16)8-15-11-21-22(4)12-15/h9-13,16-17H,6-8H2,1-5H3/t16-,17+/m0/s1. The van der Waals surface area contributed by atoms with Crippen molar-refractivity contribution in [1.82, 2.24) is 24.6 Å². The molecule has 0 radical (unpaired) electrons. The van der Waals surface area contributed by atoms with Crippen LogP contribution in [0.4, 0.5) is 5.95 Å². The lowest BCUT2D eigenvalue weighted by molar-refractivity contribution is 0.183. The first-order chi connectivity index (χ1) is 11.5. The molecule has 1 aliphatic rings. The number of hydrogen-bond acceptors (Lipinski definition) is 5. The molecule has 2 aromatic rings. The molecule has 0 N–H and O–H groups in total. The van der Waals surface area contributed by atoms with E-state index in [0.717, 1.165) is 30.9 Å². The number of aromatic nitrogens is 4. The molecule has 2 atom stereocenters. The van der Waals surface area contributed by atoms with Crippen molar-refractivity contribution in [2.75, 3.05) is 18.5 Å². The van der Waals surface area contributed by atoms with Gasteiger partial charge >= 0.3 is 0 Å². The summed E-state index contributed by atoms with van der Waals surface area (Å²) in [4.78, 5) is 14.0. The van der Waals surface area contributed by atoms with Gasteiger partial charge in [-0.15, -0.1) is 0 Å². The van der Waals surface area contributed by atoms with E-state index in [2.05, 4.69) is 52.0 Å². The molecule has 2 aromatic heterocycles. The molecule has 0 spiro atoms. The van der Waals surface area contributed by atoms with Crippen molar-refractivity contribution < 1.29 is 0 Å². The molecule has 0 unspecified atom stereocenters. The molecule has 0 bridgehead atoms. The molecule has 0 amide bonds. The Bertz CT molecular complexity index is 662. The fraction of sp³-hybridized carbons (Fsp3) is 0.611. The molecule has 0 aromatic carbocycles. The Morgan fingerprint density at radius 3 is 2.54 bits per heavy atom. The third-order valence-corrected chi connectivity index (χ3v) is 5.08. The van der Waals surface area contributed by atoms with E-state index in [0.29, 0.717) is 18.1 Å². The van der Waals surface area contributed by atoms with Gasteiger partial charge in [0.05, 0.1) is 12.2 Å². The summed E-state index contributed by atoms with van der Waals surface area (Å²) in [5, 5.41) is 4.33. The van der Waals surface area contributed by atoms with Crippen LogP contribution in [0.2, 0.25) is 0 Å². The first-order valence-corrected chi connectivity index (χ1v) is 8.70. The highest BCUT2D eigenvalue weighted by atomic mass is 15.3. The van der Waals surface area contributed by atoms with E-state index in [1.807, 2.05) is 37.2 Å². The first kappa shape index (κ1) is 16.9. The Morgan fingerprint density at radius 1 is 1.25 bits per heavy atom. The summed E-state index contributed by atoms with van der Waals surface area (Å²) in [5.74, 6) is 0.842. The van der Waals surface area contributed by atoms with E-state index < -0.39 is 0 Å². The Labute approximate surface area is 144 Å². The van der Waals surface area contributed by atoms with Crippen LogP contribution in [0.3, 0.4) is 0 Å². The normalized spacial score (nSPS) is 21.2. The predicted molar refractivity (Wildman–Crippen MR) is 96.1 cm³/mol. The second-order valence-electron chi connectivity index (χ2n) is 7.16. The van der Waals surface area contributed by atoms with Crippen LogP contribution >= 0.6 is 0 Å². The maximum atomic E-state index is 4.57. The topological polar surface area (TPSA) is 50.1 Å². The zero-order valence-corrected chi connectivity index (χ0v) is 15.3. The third-order valence-electron chi connectivity index (χ3n) is 5.08. The molecule has 130 valence electrons. The molecule has 0 aliphatic carbocycles. The van der Waals surface area contributed by atoms with Crippen molar-refractivity contribution in [3.05, 3.63) is 35.9 Å². The van der Waals surface area contributed by atoms with Crippen molar-refractivity contribution in [3.63, 3.8) is 0 Å². The second-order valence-corrected chi connectivity index (χ2v) is 7.16. The van der Waals surface area contributed by atoms with E-state index in [1.165, 1.54) is 5.56 Å². The number of rotatable bonds is 5. The van der Waals surface area contributed by atoms with E-state index in [-0.39, 0.29) is 0 Å². The first-order valence-electron chi connectivity index (χ1n) is 8.70. The SMILES string of the molecule is Cc1cnc(N2CC[C@H](N(C)C(C)C)[C@H]2Cc2cnn(C)c2)nc1. The molecule has 6 heteroatoms. The van der Waals surface area contributed by atoms with Crippen LogP contribution in [0.15, 0.2) is 24.8 Å². The minimum absolute atomic E-state index is 0.365. The van der Waals surface area contributed by atoms with Crippen LogP contribution in [0.1, 0.15) is 31.4 Å². The fourth-order valence-electron chi connectivity index (χ4n) is 3.54. The van der Waals surface area contributed by atoms with E-state index >= 15 is 0 Å². The molecule has 1 saturated heterocycles. The molecule has 0 saturated carbocycles. The number of nitrogens with zero attached hydrogens (tertiary/aromatic N) is 6. The van der Waals surface area contributed by atoms with Crippen LogP contribution in [0.5, 0.6) is 0 Å². The van der Waals surface area contributed by atoms with E-state index in [9.17, 15) is 0 Å². The summed E-state index contributed by atoms with van der Waals surface area (Å²) in [6.45, 7) is 7.53. The molecule has 6 nitrogen and oxygen atoms in total. The van der Waals surface area contributed by atoms with Gasteiger partial charge in [-0.2, -0.15) is 5.10 Å². The third kappa shape index (κ3) is 3.43. The highest BCUT2D eigenvalue weighted by molar-refractivity contribution is 5.36. The van der Waals surface area contributed by atoms with Crippen molar-refractivity contribution in [2.45, 2.75) is 51.7 Å². The number of aryl methyl sites for hydroxylation is 2. The van der Waals surface area contributed by atoms with E-state index in [4.69, 9.17) is 0 Å². The zero-order valence-electron chi connectivity index (χ0n) is 15.3. The monoisotopic (exact) mass is 328 g/mol. The predicted octanol–water partition coefficient (Wildman–Crippen LogP) is 2.05. The summed E-state index contributed by atoms with van der Waals surface area (Å²) in [6.07, 6.45) is 9.99. The zero-order chi connectivity index (χ0) is 17.3. The van der Waals surface area contributed by atoms with Crippen molar-refractivity contribution in [3.8, 4) is 0 Å². The summed E-state index contributed by atoms with van der Waals surface area (Å²) in [6, 6.07) is 1.38.